The van der Waals surface area contributed by atoms with Gasteiger partial charge in [0.1, 0.15) is 0 Å². The van der Waals surface area contributed by atoms with Gasteiger partial charge >= 0.3 is 0 Å². The van der Waals surface area contributed by atoms with E-state index in [2.05, 4.69) is 20.8 Å². The Bertz CT molecular complexity index is 475. The minimum Gasteiger partial charge on any atom is -0.489 e. The number of ketones is 2. The standard InChI is InChI=1S/C16H24O4/c1-10-11(8-7-9-16(2,3)4)13(18)15(20-6)14(19-5)12(10)17/h7-9H2,1-6H3. The summed E-state index contributed by atoms with van der Waals surface area (Å²) in [7, 11) is 2.75. The van der Waals surface area contributed by atoms with Gasteiger partial charge in [-0.05, 0) is 31.6 Å². The maximum Gasteiger partial charge on any atom is 0.228 e. The summed E-state index contributed by atoms with van der Waals surface area (Å²) in [6, 6.07) is 0. The van der Waals surface area contributed by atoms with Crippen LogP contribution in [0.3, 0.4) is 0 Å². The first kappa shape index (κ1) is 16.5. The lowest BCUT2D eigenvalue weighted by atomic mass is 9.85. The number of carbonyl (C=O) groups excluding carboxylic acids is 2. The number of Topliss-reactive ketones (excluding diaryl/α,β-unsaturated/α-hetero) is 2. The van der Waals surface area contributed by atoms with Crippen molar-refractivity contribution in [3.8, 4) is 0 Å². The van der Waals surface area contributed by atoms with Crippen LogP contribution in [0.4, 0.5) is 0 Å². The molecule has 0 amide bonds. The summed E-state index contributed by atoms with van der Waals surface area (Å²) in [5.74, 6) is -0.450. The second kappa shape index (κ2) is 6.25. The largest absolute Gasteiger partial charge is 0.489 e. The fourth-order valence-corrected chi connectivity index (χ4v) is 2.29. The van der Waals surface area contributed by atoms with E-state index in [4.69, 9.17) is 9.47 Å². The molecule has 0 spiro atoms. The van der Waals surface area contributed by atoms with Gasteiger partial charge in [0.2, 0.25) is 23.1 Å². The molecular weight excluding hydrogens is 256 g/mol. The molecule has 1 aliphatic carbocycles. The molecule has 0 saturated carbocycles. The van der Waals surface area contributed by atoms with Crippen LogP contribution in [0.5, 0.6) is 0 Å². The molecule has 0 aliphatic heterocycles. The van der Waals surface area contributed by atoms with Crippen molar-refractivity contribution in [2.45, 2.75) is 47.0 Å². The Hall–Kier alpha value is -1.58. The van der Waals surface area contributed by atoms with Crippen molar-refractivity contribution >= 4 is 11.6 Å². The number of rotatable bonds is 5. The molecule has 1 rings (SSSR count). The average Bonchev–Trinajstić information content (AvgIpc) is 2.36. The summed E-state index contributed by atoms with van der Waals surface area (Å²) >= 11 is 0. The second-order valence-corrected chi connectivity index (χ2v) is 6.24. The molecular formula is C16H24O4. The number of hydrogen-bond donors (Lipinski definition) is 0. The van der Waals surface area contributed by atoms with Gasteiger partial charge in [-0.15, -0.1) is 0 Å². The molecule has 0 atom stereocenters. The average molecular weight is 280 g/mol. The first-order valence-corrected chi connectivity index (χ1v) is 6.84. The Kier molecular flexibility index (Phi) is 5.15. The fourth-order valence-electron chi connectivity index (χ4n) is 2.29. The van der Waals surface area contributed by atoms with Gasteiger partial charge in [-0.25, -0.2) is 0 Å². The molecule has 0 bridgehead atoms. The normalized spacial score (nSPS) is 16.9. The first-order chi connectivity index (χ1) is 9.22. The molecule has 1 aliphatic rings. The van der Waals surface area contributed by atoms with Gasteiger partial charge in [-0.1, -0.05) is 20.8 Å². The lowest BCUT2D eigenvalue weighted by molar-refractivity contribution is -0.121. The van der Waals surface area contributed by atoms with Gasteiger partial charge in [-0.3, -0.25) is 9.59 Å². The lowest BCUT2D eigenvalue weighted by Crippen LogP contribution is -2.25. The van der Waals surface area contributed by atoms with Crippen LogP contribution in [0, 0.1) is 5.41 Å². The van der Waals surface area contributed by atoms with Crippen molar-refractivity contribution in [2.24, 2.45) is 5.41 Å². The van der Waals surface area contributed by atoms with Gasteiger partial charge in [-0.2, -0.15) is 0 Å². The molecule has 0 heterocycles. The van der Waals surface area contributed by atoms with Gasteiger partial charge in [0.25, 0.3) is 0 Å². The Morgan fingerprint density at radius 1 is 0.950 bits per heavy atom. The van der Waals surface area contributed by atoms with Crippen LogP contribution in [0.1, 0.15) is 47.0 Å². The van der Waals surface area contributed by atoms with Gasteiger partial charge < -0.3 is 9.47 Å². The Labute approximate surface area is 120 Å². The number of hydrogen-bond acceptors (Lipinski definition) is 4. The fraction of sp³-hybridized carbons (Fsp3) is 0.625. The molecule has 4 nitrogen and oxygen atoms in total. The van der Waals surface area contributed by atoms with Crippen LogP contribution in [-0.4, -0.2) is 25.8 Å². The zero-order valence-corrected chi connectivity index (χ0v) is 13.3. The number of ether oxygens (including phenoxy) is 2. The minimum atomic E-state index is -0.255. The summed E-state index contributed by atoms with van der Waals surface area (Å²) in [6.45, 7) is 8.15. The monoisotopic (exact) mass is 280 g/mol. The molecule has 0 fully saturated rings. The van der Waals surface area contributed by atoms with Crippen molar-refractivity contribution in [1.82, 2.24) is 0 Å². The molecule has 0 aromatic heterocycles. The number of allylic oxidation sites excluding steroid dienone is 2. The van der Waals surface area contributed by atoms with Crippen molar-refractivity contribution in [3.05, 3.63) is 22.7 Å². The van der Waals surface area contributed by atoms with Crippen LogP contribution in [0.15, 0.2) is 22.7 Å². The minimum absolute atomic E-state index is 0.00886. The predicted molar refractivity (Wildman–Crippen MR) is 77.1 cm³/mol. The highest BCUT2D eigenvalue weighted by Crippen LogP contribution is 2.30. The zero-order chi connectivity index (χ0) is 15.5. The molecule has 0 radical (unpaired) electrons. The first-order valence-electron chi connectivity index (χ1n) is 6.84. The number of carbonyl (C=O) groups is 2. The Morgan fingerprint density at radius 2 is 1.45 bits per heavy atom. The van der Waals surface area contributed by atoms with E-state index in [1.165, 1.54) is 14.2 Å². The molecule has 0 aromatic rings. The molecule has 112 valence electrons. The molecule has 4 heteroatoms. The van der Waals surface area contributed by atoms with Crippen molar-refractivity contribution in [3.63, 3.8) is 0 Å². The maximum atomic E-state index is 12.4. The molecule has 0 saturated heterocycles. The SMILES string of the molecule is COC1=C(OC)C(=O)C(CCCC(C)(C)C)=C(C)C1=O. The second-order valence-electron chi connectivity index (χ2n) is 6.24. The molecule has 0 N–H and O–H groups in total. The van der Waals surface area contributed by atoms with E-state index in [0.717, 1.165) is 12.8 Å². The van der Waals surface area contributed by atoms with Crippen molar-refractivity contribution in [1.29, 1.82) is 0 Å². The molecule has 0 unspecified atom stereocenters. The highest BCUT2D eigenvalue weighted by atomic mass is 16.5. The van der Waals surface area contributed by atoms with E-state index in [0.29, 0.717) is 17.6 Å². The van der Waals surface area contributed by atoms with E-state index in [1.807, 2.05) is 0 Å². The third-order valence-corrected chi connectivity index (χ3v) is 3.45. The summed E-state index contributed by atoms with van der Waals surface area (Å²) < 4.78 is 10.1. The Balaban J connectivity index is 2.95. The summed E-state index contributed by atoms with van der Waals surface area (Å²) in [4.78, 5) is 24.5. The predicted octanol–water partition coefficient (Wildman–Crippen LogP) is 3.18. The third-order valence-electron chi connectivity index (χ3n) is 3.45. The van der Waals surface area contributed by atoms with Gasteiger partial charge in [0.05, 0.1) is 14.2 Å². The van der Waals surface area contributed by atoms with E-state index < -0.39 is 0 Å². The van der Waals surface area contributed by atoms with Crippen LogP contribution in [-0.2, 0) is 19.1 Å². The van der Waals surface area contributed by atoms with Gasteiger partial charge in [0.15, 0.2) is 0 Å². The topological polar surface area (TPSA) is 52.6 Å². The maximum absolute atomic E-state index is 12.4. The summed E-state index contributed by atoms with van der Waals surface area (Å²) in [5, 5.41) is 0. The lowest BCUT2D eigenvalue weighted by Gasteiger charge is -2.22. The smallest absolute Gasteiger partial charge is 0.228 e. The van der Waals surface area contributed by atoms with Crippen LogP contribution in [0.25, 0.3) is 0 Å². The van der Waals surface area contributed by atoms with Crippen molar-refractivity contribution in [2.75, 3.05) is 14.2 Å². The third kappa shape index (κ3) is 3.50. The highest BCUT2D eigenvalue weighted by molar-refractivity contribution is 6.23. The zero-order valence-electron chi connectivity index (χ0n) is 13.3. The van der Waals surface area contributed by atoms with Crippen LogP contribution >= 0.6 is 0 Å². The summed E-state index contributed by atoms with van der Waals surface area (Å²) in [6.07, 6.45) is 2.46. The van der Waals surface area contributed by atoms with Crippen molar-refractivity contribution < 1.29 is 19.1 Å². The van der Waals surface area contributed by atoms with E-state index >= 15 is 0 Å². The molecule has 20 heavy (non-hydrogen) atoms. The number of methoxy groups -OCH3 is 2. The van der Waals surface area contributed by atoms with Crippen LogP contribution in [0.2, 0.25) is 0 Å². The molecule has 0 aromatic carbocycles. The van der Waals surface area contributed by atoms with E-state index in [1.54, 1.807) is 6.92 Å². The Morgan fingerprint density at radius 3 is 1.90 bits per heavy atom. The van der Waals surface area contributed by atoms with E-state index in [-0.39, 0.29) is 28.5 Å². The highest BCUT2D eigenvalue weighted by Gasteiger charge is 2.34. The van der Waals surface area contributed by atoms with E-state index in [9.17, 15) is 9.59 Å². The quantitative estimate of drug-likeness (QED) is 0.726. The summed E-state index contributed by atoms with van der Waals surface area (Å²) in [5.41, 5.74) is 1.24. The van der Waals surface area contributed by atoms with Crippen LogP contribution < -0.4 is 0 Å². The van der Waals surface area contributed by atoms with Gasteiger partial charge in [0, 0.05) is 11.1 Å².